The van der Waals surface area contributed by atoms with Crippen LogP contribution in [0.5, 0.6) is 0 Å². The first kappa shape index (κ1) is 18.0. The molecule has 0 unspecified atom stereocenters. The summed E-state index contributed by atoms with van der Waals surface area (Å²) >= 11 is 0. The first-order valence-electron chi connectivity index (χ1n) is 6.62. The molecule has 0 atom stereocenters. The van der Waals surface area contributed by atoms with E-state index in [-0.39, 0.29) is 42.4 Å². The molecule has 0 spiro atoms. The van der Waals surface area contributed by atoms with Gasteiger partial charge in [0, 0.05) is 11.4 Å². The lowest BCUT2D eigenvalue weighted by Gasteiger charge is -2.06. The van der Waals surface area contributed by atoms with Gasteiger partial charge in [-0.05, 0) is 31.2 Å². The van der Waals surface area contributed by atoms with Crippen molar-refractivity contribution in [2.24, 2.45) is 10.7 Å². The summed E-state index contributed by atoms with van der Waals surface area (Å²) in [6, 6.07) is 17.0. The van der Waals surface area contributed by atoms with Gasteiger partial charge in [0.25, 0.3) is 0 Å². The molecule has 0 bridgehead atoms. The van der Waals surface area contributed by atoms with Crippen molar-refractivity contribution in [2.75, 3.05) is 17.2 Å². The number of carbonyl (C=O) groups is 1. The molecule has 2 aromatic carbocycles. The lowest BCUT2D eigenvalue weighted by atomic mass is 10.2. The monoisotopic (exact) mass is 410 g/mol. The van der Waals surface area contributed by atoms with Gasteiger partial charge in [-0.15, -0.1) is 24.0 Å². The van der Waals surface area contributed by atoms with Gasteiger partial charge >= 0.3 is 0 Å². The molecular formula is C16H19IN4O. The second-order valence-electron chi connectivity index (χ2n) is 4.61. The Balaban J connectivity index is 0.00000242. The predicted octanol–water partition coefficient (Wildman–Crippen LogP) is 2.98. The molecule has 4 N–H and O–H groups in total. The number of guanidine groups is 1. The number of rotatable bonds is 4. The highest BCUT2D eigenvalue weighted by molar-refractivity contribution is 14.0. The molecule has 0 saturated carbocycles. The summed E-state index contributed by atoms with van der Waals surface area (Å²) in [5.41, 5.74) is 8.49. The molecule has 0 heterocycles. The van der Waals surface area contributed by atoms with E-state index in [0.29, 0.717) is 0 Å². The number of nitrogens with one attached hydrogen (secondary N) is 2. The van der Waals surface area contributed by atoms with Gasteiger partial charge in [-0.25, -0.2) is 4.99 Å². The summed E-state index contributed by atoms with van der Waals surface area (Å²) in [5.74, 6) is -0.00285. The number of carbonyl (C=O) groups excluding carboxylic acids is 1. The molecule has 0 saturated heterocycles. The average Bonchev–Trinajstić information content (AvgIpc) is 2.49. The largest absolute Gasteiger partial charge is 0.370 e. The number of hydrogen-bond donors (Lipinski definition) is 3. The quantitative estimate of drug-likeness (QED) is 0.412. The van der Waals surface area contributed by atoms with Crippen molar-refractivity contribution in [3.8, 4) is 0 Å². The van der Waals surface area contributed by atoms with E-state index in [2.05, 4.69) is 15.6 Å². The van der Waals surface area contributed by atoms with E-state index in [1.807, 2.05) is 61.5 Å². The molecule has 0 aliphatic heterocycles. The van der Waals surface area contributed by atoms with E-state index < -0.39 is 0 Å². The number of aryl methyl sites for hydroxylation is 1. The maximum absolute atomic E-state index is 11.7. The summed E-state index contributed by atoms with van der Waals surface area (Å²) in [5, 5.41) is 5.68. The van der Waals surface area contributed by atoms with E-state index in [1.165, 1.54) is 5.56 Å². The van der Waals surface area contributed by atoms with Crippen LogP contribution in [0.15, 0.2) is 59.6 Å². The number of halogens is 1. The van der Waals surface area contributed by atoms with E-state index in [4.69, 9.17) is 5.73 Å². The fraction of sp³-hybridized carbons (Fsp3) is 0.125. The Kier molecular flexibility index (Phi) is 7.38. The molecular weight excluding hydrogens is 391 g/mol. The lowest BCUT2D eigenvalue weighted by molar-refractivity contribution is -0.114. The van der Waals surface area contributed by atoms with Gasteiger partial charge in [-0.3, -0.25) is 4.79 Å². The first-order chi connectivity index (χ1) is 10.1. The average molecular weight is 410 g/mol. The van der Waals surface area contributed by atoms with Gasteiger partial charge in [-0.2, -0.15) is 0 Å². The Bertz CT molecular complexity index is 626. The molecule has 22 heavy (non-hydrogen) atoms. The Morgan fingerprint density at radius 1 is 1.00 bits per heavy atom. The summed E-state index contributed by atoms with van der Waals surface area (Å²) < 4.78 is 0. The Hall–Kier alpha value is -2.09. The molecule has 6 heteroatoms. The van der Waals surface area contributed by atoms with Crippen molar-refractivity contribution >= 4 is 47.2 Å². The number of nitrogens with zero attached hydrogens (tertiary/aromatic N) is 1. The second kappa shape index (κ2) is 9.04. The maximum atomic E-state index is 11.7. The second-order valence-corrected chi connectivity index (χ2v) is 4.61. The molecule has 5 nitrogen and oxygen atoms in total. The minimum absolute atomic E-state index is 0. The van der Waals surface area contributed by atoms with Crippen LogP contribution >= 0.6 is 24.0 Å². The van der Waals surface area contributed by atoms with Gasteiger partial charge in [0.15, 0.2) is 5.96 Å². The molecule has 0 aromatic heterocycles. The van der Waals surface area contributed by atoms with Gasteiger partial charge in [0.1, 0.15) is 6.54 Å². The first-order valence-corrected chi connectivity index (χ1v) is 6.62. The molecule has 2 aromatic rings. The summed E-state index contributed by atoms with van der Waals surface area (Å²) in [4.78, 5) is 15.7. The Morgan fingerprint density at radius 2 is 1.59 bits per heavy atom. The standard InChI is InChI=1S/C16H18N4O.HI/c1-12-7-9-14(10-8-12)20-16(17)18-11-15(21)19-13-5-3-2-4-6-13;/h2-10H,11H2,1H3,(H,19,21)(H3,17,18,20);1H. The topological polar surface area (TPSA) is 79.5 Å². The number of para-hydroxylation sites is 1. The molecule has 0 aliphatic carbocycles. The molecule has 1 amide bonds. The van der Waals surface area contributed by atoms with Gasteiger partial charge in [0.05, 0.1) is 0 Å². The molecule has 2 rings (SSSR count). The van der Waals surface area contributed by atoms with Crippen LogP contribution in [0.25, 0.3) is 0 Å². The van der Waals surface area contributed by atoms with Crippen molar-refractivity contribution in [2.45, 2.75) is 6.92 Å². The smallest absolute Gasteiger partial charge is 0.246 e. The van der Waals surface area contributed by atoms with Crippen molar-refractivity contribution in [1.29, 1.82) is 0 Å². The summed E-state index contributed by atoms with van der Waals surface area (Å²) in [7, 11) is 0. The van der Waals surface area contributed by atoms with Crippen LogP contribution in [0, 0.1) is 6.92 Å². The van der Waals surface area contributed by atoms with Crippen LogP contribution in [0.3, 0.4) is 0 Å². The number of anilines is 2. The molecule has 0 fully saturated rings. The number of aliphatic imine (C=N–C) groups is 1. The van der Waals surface area contributed by atoms with Gasteiger partial charge < -0.3 is 16.4 Å². The van der Waals surface area contributed by atoms with E-state index >= 15 is 0 Å². The Morgan fingerprint density at radius 3 is 2.23 bits per heavy atom. The summed E-state index contributed by atoms with van der Waals surface area (Å²) in [6.07, 6.45) is 0. The number of benzene rings is 2. The minimum Gasteiger partial charge on any atom is -0.370 e. The molecule has 0 radical (unpaired) electrons. The normalized spacial score (nSPS) is 10.5. The highest BCUT2D eigenvalue weighted by atomic mass is 127. The van der Waals surface area contributed by atoms with Crippen LogP contribution < -0.4 is 16.4 Å². The summed E-state index contributed by atoms with van der Waals surface area (Å²) in [6.45, 7) is 1.98. The van der Waals surface area contributed by atoms with Crippen molar-refractivity contribution in [3.05, 3.63) is 60.2 Å². The van der Waals surface area contributed by atoms with E-state index in [9.17, 15) is 4.79 Å². The van der Waals surface area contributed by atoms with Gasteiger partial charge in [-0.1, -0.05) is 35.9 Å². The van der Waals surface area contributed by atoms with Crippen molar-refractivity contribution < 1.29 is 4.79 Å². The fourth-order valence-electron chi connectivity index (χ4n) is 1.70. The van der Waals surface area contributed by atoms with E-state index in [1.54, 1.807) is 0 Å². The Labute approximate surface area is 147 Å². The zero-order chi connectivity index (χ0) is 15.1. The SMILES string of the molecule is Cc1ccc(NC(N)=NCC(=O)Nc2ccccc2)cc1.I. The predicted molar refractivity (Wildman–Crippen MR) is 102 cm³/mol. The van der Waals surface area contributed by atoms with Crippen molar-refractivity contribution in [1.82, 2.24) is 0 Å². The third-order valence-electron chi connectivity index (χ3n) is 2.77. The van der Waals surface area contributed by atoms with Gasteiger partial charge in [0.2, 0.25) is 5.91 Å². The number of amides is 1. The molecule has 0 aliphatic rings. The van der Waals surface area contributed by atoms with Crippen LogP contribution in [-0.4, -0.2) is 18.4 Å². The van der Waals surface area contributed by atoms with Crippen LogP contribution in [0.4, 0.5) is 11.4 Å². The van der Waals surface area contributed by atoms with Crippen LogP contribution in [0.2, 0.25) is 0 Å². The maximum Gasteiger partial charge on any atom is 0.246 e. The van der Waals surface area contributed by atoms with E-state index in [0.717, 1.165) is 11.4 Å². The fourth-order valence-corrected chi connectivity index (χ4v) is 1.70. The molecule has 116 valence electrons. The van der Waals surface area contributed by atoms with Crippen LogP contribution in [0.1, 0.15) is 5.56 Å². The number of nitrogens with two attached hydrogens (primary N) is 1. The van der Waals surface area contributed by atoms with Crippen LogP contribution in [-0.2, 0) is 4.79 Å². The number of hydrogen-bond acceptors (Lipinski definition) is 2. The zero-order valence-corrected chi connectivity index (χ0v) is 14.6. The minimum atomic E-state index is -0.213. The zero-order valence-electron chi connectivity index (χ0n) is 12.2. The third-order valence-corrected chi connectivity index (χ3v) is 2.77. The highest BCUT2D eigenvalue weighted by Crippen LogP contribution is 2.08. The lowest BCUT2D eigenvalue weighted by Crippen LogP contribution is -2.25. The van der Waals surface area contributed by atoms with Crippen molar-refractivity contribution in [3.63, 3.8) is 0 Å². The third kappa shape index (κ3) is 6.13. The highest BCUT2D eigenvalue weighted by Gasteiger charge is 2.01.